The van der Waals surface area contributed by atoms with E-state index in [0.29, 0.717) is 24.3 Å². The molecule has 1 N–H and O–H groups in total. The van der Waals surface area contributed by atoms with Gasteiger partial charge in [0, 0.05) is 29.3 Å². The van der Waals surface area contributed by atoms with Gasteiger partial charge in [0.2, 0.25) is 0 Å². The molecule has 2 aliphatic heterocycles. The molecule has 3 atom stereocenters. The Morgan fingerprint density at radius 2 is 2.38 bits per heavy atom. The molecular weight excluding hydrogens is 286 g/mol. The van der Waals surface area contributed by atoms with E-state index in [2.05, 4.69) is 21.2 Å². The first-order valence-electron chi connectivity index (χ1n) is 5.75. The summed E-state index contributed by atoms with van der Waals surface area (Å²) in [6, 6.07) is 5.16. The number of hydrogen-bond acceptors (Lipinski definition) is 3. The Hall–Kier alpha value is -0.190. The summed E-state index contributed by atoms with van der Waals surface area (Å²) in [5.41, 5.74) is 0. The second kappa shape index (κ2) is 4.24. The molecule has 86 valence electrons. The number of nitrogens with one attached hydrogen (secondary N) is 1. The molecule has 1 aromatic rings. The molecule has 16 heavy (non-hydrogen) atoms. The van der Waals surface area contributed by atoms with Gasteiger partial charge in [0.05, 0.1) is 3.79 Å². The van der Waals surface area contributed by atoms with Crippen LogP contribution in [0.25, 0.3) is 0 Å². The quantitative estimate of drug-likeness (QED) is 0.930. The van der Waals surface area contributed by atoms with Gasteiger partial charge in [-0.1, -0.05) is 0 Å². The molecule has 3 heterocycles. The monoisotopic (exact) mass is 299 g/mol. The lowest BCUT2D eigenvalue weighted by molar-refractivity contribution is -0.122. The van der Waals surface area contributed by atoms with Crippen molar-refractivity contribution in [1.29, 1.82) is 0 Å². The minimum Gasteiger partial charge on any atom is -0.310 e. The lowest BCUT2D eigenvalue weighted by Crippen LogP contribution is -2.29. The van der Waals surface area contributed by atoms with E-state index in [9.17, 15) is 4.79 Å². The zero-order valence-electron chi connectivity index (χ0n) is 8.91. The smallest absolute Gasteiger partial charge is 0.142 e. The highest BCUT2D eigenvalue weighted by Crippen LogP contribution is 2.35. The van der Waals surface area contributed by atoms with E-state index in [4.69, 9.17) is 0 Å². The van der Waals surface area contributed by atoms with E-state index in [-0.39, 0.29) is 5.92 Å². The molecule has 3 rings (SSSR count). The zero-order valence-corrected chi connectivity index (χ0v) is 11.3. The first kappa shape index (κ1) is 10.9. The Kier molecular flexibility index (Phi) is 2.90. The molecule has 2 nitrogen and oxygen atoms in total. The van der Waals surface area contributed by atoms with Crippen LogP contribution in [0.3, 0.4) is 0 Å². The van der Waals surface area contributed by atoms with Crippen LogP contribution in [0.5, 0.6) is 0 Å². The van der Waals surface area contributed by atoms with Crippen LogP contribution in [-0.4, -0.2) is 17.9 Å². The number of hydrogen-bond donors (Lipinski definition) is 1. The Balaban J connectivity index is 1.65. The maximum Gasteiger partial charge on any atom is 0.142 e. The number of rotatable bonds is 3. The number of thiophene rings is 1. The van der Waals surface area contributed by atoms with Gasteiger partial charge in [-0.15, -0.1) is 11.3 Å². The average Bonchev–Trinajstić information content (AvgIpc) is 2.93. The van der Waals surface area contributed by atoms with Crippen LogP contribution in [0.4, 0.5) is 0 Å². The van der Waals surface area contributed by atoms with E-state index in [1.807, 2.05) is 12.1 Å². The maximum absolute atomic E-state index is 12.2. The number of Topliss-reactive ketones (excluding diaryl/α,β-unsaturated/α-hetero) is 1. The summed E-state index contributed by atoms with van der Waals surface area (Å²) in [4.78, 5) is 13.3. The molecule has 3 unspecified atom stereocenters. The SMILES string of the molecule is O=C(Cc1ccc(Br)s1)C1CC2CCC1N2. The topological polar surface area (TPSA) is 29.1 Å². The molecule has 0 spiro atoms. The number of halogens is 1. The molecule has 2 saturated heterocycles. The van der Waals surface area contributed by atoms with Crippen LogP contribution < -0.4 is 5.32 Å². The fourth-order valence-electron chi connectivity index (χ4n) is 2.93. The summed E-state index contributed by atoms with van der Waals surface area (Å²) in [5.74, 6) is 0.702. The first-order valence-corrected chi connectivity index (χ1v) is 7.36. The Morgan fingerprint density at radius 1 is 1.50 bits per heavy atom. The van der Waals surface area contributed by atoms with E-state index in [1.54, 1.807) is 11.3 Å². The van der Waals surface area contributed by atoms with Crippen LogP contribution >= 0.6 is 27.3 Å². The molecule has 2 aliphatic rings. The molecule has 0 aromatic carbocycles. The predicted octanol–water partition coefficient (Wildman–Crippen LogP) is 2.76. The van der Waals surface area contributed by atoms with Crippen molar-refractivity contribution in [3.63, 3.8) is 0 Å². The molecule has 2 bridgehead atoms. The van der Waals surface area contributed by atoms with Crippen LogP contribution in [0.1, 0.15) is 24.1 Å². The van der Waals surface area contributed by atoms with Crippen molar-refractivity contribution in [3.8, 4) is 0 Å². The van der Waals surface area contributed by atoms with Gasteiger partial charge >= 0.3 is 0 Å². The fraction of sp³-hybridized carbons (Fsp3) is 0.583. The minimum absolute atomic E-state index is 0.277. The highest BCUT2D eigenvalue weighted by molar-refractivity contribution is 9.11. The molecule has 0 saturated carbocycles. The fourth-order valence-corrected chi connectivity index (χ4v) is 4.42. The Bertz CT molecular complexity index is 417. The maximum atomic E-state index is 12.2. The van der Waals surface area contributed by atoms with E-state index in [1.165, 1.54) is 17.7 Å². The predicted molar refractivity (Wildman–Crippen MR) is 68.8 cm³/mol. The zero-order chi connectivity index (χ0) is 11.1. The van der Waals surface area contributed by atoms with Gasteiger partial charge in [0.25, 0.3) is 0 Å². The van der Waals surface area contributed by atoms with Crippen LogP contribution in [0.2, 0.25) is 0 Å². The highest BCUT2D eigenvalue weighted by atomic mass is 79.9. The van der Waals surface area contributed by atoms with Gasteiger partial charge < -0.3 is 5.32 Å². The van der Waals surface area contributed by atoms with E-state index in [0.717, 1.165) is 10.2 Å². The number of carbonyl (C=O) groups is 1. The number of carbonyl (C=O) groups excluding carboxylic acids is 1. The third-order valence-electron chi connectivity index (χ3n) is 3.69. The molecule has 0 radical (unpaired) electrons. The van der Waals surface area contributed by atoms with Crippen molar-refractivity contribution in [2.45, 2.75) is 37.8 Å². The normalized spacial score (nSPS) is 32.2. The lowest BCUT2D eigenvalue weighted by atomic mass is 9.85. The summed E-state index contributed by atoms with van der Waals surface area (Å²) >= 11 is 5.10. The summed E-state index contributed by atoms with van der Waals surface area (Å²) in [5, 5.41) is 3.52. The lowest BCUT2D eigenvalue weighted by Gasteiger charge is -2.18. The van der Waals surface area contributed by atoms with Crippen molar-refractivity contribution in [1.82, 2.24) is 5.32 Å². The van der Waals surface area contributed by atoms with Crippen LogP contribution in [0.15, 0.2) is 15.9 Å². The van der Waals surface area contributed by atoms with Crippen molar-refractivity contribution < 1.29 is 4.79 Å². The molecule has 0 aliphatic carbocycles. The van der Waals surface area contributed by atoms with Gasteiger partial charge in [0.1, 0.15) is 5.78 Å². The average molecular weight is 300 g/mol. The van der Waals surface area contributed by atoms with E-state index < -0.39 is 0 Å². The van der Waals surface area contributed by atoms with Gasteiger partial charge in [-0.2, -0.15) is 0 Å². The van der Waals surface area contributed by atoms with Crippen molar-refractivity contribution in [2.75, 3.05) is 0 Å². The molecule has 4 heteroatoms. The van der Waals surface area contributed by atoms with Gasteiger partial charge in [0.15, 0.2) is 0 Å². The molecule has 0 amide bonds. The third kappa shape index (κ3) is 1.98. The summed E-state index contributed by atoms with van der Waals surface area (Å²) < 4.78 is 1.11. The standard InChI is InChI=1S/C12H14BrNOS/c13-12-4-2-8(16-12)6-11(15)9-5-7-1-3-10(9)14-7/h2,4,7,9-10,14H,1,3,5-6H2. The molecular formula is C12H14BrNOS. The minimum atomic E-state index is 0.277. The van der Waals surface area contributed by atoms with E-state index >= 15 is 0 Å². The Labute approximate surface area is 108 Å². The third-order valence-corrected chi connectivity index (χ3v) is 5.31. The van der Waals surface area contributed by atoms with Gasteiger partial charge in [-0.3, -0.25) is 4.79 Å². The van der Waals surface area contributed by atoms with Crippen molar-refractivity contribution in [2.24, 2.45) is 5.92 Å². The largest absolute Gasteiger partial charge is 0.310 e. The van der Waals surface area contributed by atoms with Crippen LogP contribution in [0, 0.1) is 5.92 Å². The summed E-state index contributed by atoms with van der Waals surface area (Å²) in [6.45, 7) is 0. The van der Waals surface area contributed by atoms with Gasteiger partial charge in [-0.25, -0.2) is 0 Å². The number of ketones is 1. The molecule has 1 aromatic heterocycles. The first-order chi connectivity index (χ1) is 7.72. The number of fused-ring (bicyclic) bond motifs is 2. The Morgan fingerprint density at radius 3 is 2.94 bits per heavy atom. The molecule has 2 fully saturated rings. The van der Waals surface area contributed by atoms with Crippen molar-refractivity contribution in [3.05, 3.63) is 20.8 Å². The van der Waals surface area contributed by atoms with Crippen molar-refractivity contribution >= 4 is 33.0 Å². The summed E-state index contributed by atoms with van der Waals surface area (Å²) in [7, 11) is 0. The van der Waals surface area contributed by atoms with Crippen LogP contribution in [-0.2, 0) is 11.2 Å². The van der Waals surface area contributed by atoms with Gasteiger partial charge in [-0.05, 0) is 47.3 Å². The second-order valence-electron chi connectivity index (χ2n) is 4.74. The summed E-state index contributed by atoms with van der Waals surface area (Å²) in [6.07, 6.45) is 4.14. The second-order valence-corrected chi connectivity index (χ2v) is 7.29. The highest BCUT2D eigenvalue weighted by Gasteiger charge is 2.42.